The number of hydrogen-bond acceptors (Lipinski definition) is 4. The third-order valence-electron chi connectivity index (χ3n) is 18.5. The fraction of sp³-hybridized carbons (Fsp3) is 0.220. The van der Waals surface area contributed by atoms with E-state index < -0.39 is 202 Å². The minimum atomic E-state index is -4.98. The van der Waals surface area contributed by atoms with Gasteiger partial charge >= 0.3 is 483 Å². The van der Waals surface area contributed by atoms with Crippen LogP contribution in [-0.2, 0) is 48.1 Å². The van der Waals surface area contributed by atoms with Gasteiger partial charge in [0.15, 0.2) is 0 Å². The Morgan fingerprint density at radius 3 is 1.69 bits per heavy atom. The van der Waals surface area contributed by atoms with Crippen LogP contribution in [0.1, 0.15) is 181 Å². The van der Waals surface area contributed by atoms with E-state index in [4.69, 9.17) is 35.6 Å². The molecule has 0 bridgehead atoms. The Balaban J connectivity index is 0.0000138. The SMILES string of the molecule is [2H]c1c([2H])c2c(c([2H])c1-c1cccc(-c3c([2H])c([2H])c4c(c3[2H])C(C([2H])([2H])[2H])(C([2H])([2H])[2H])C([2H])([2H])C([2H])([2H])C4(C([2H])([2H])[2H])C([2H])([2H])[2H])c1-[n+]1[c-]n(-c3[c-]c(Oc4[c-]c5c(cc4)c4ccccc4n5-c4cc(C(C)(C)C)ccn4)c[c]([Ge]([c]4ccccc4)([c]4ccccc4)[c]4ccccc4)n3)c3cc4oc5ccccc5c4cc31)C(C([2H])([2H])[2H])(C([2H])([2H])[2H])C([2H])([2H])C([2H])([2H])C2(C([2H])([2H])[2H])C([2H])([2H])[2H].[Pt]. The van der Waals surface area contributed by atoms with Crippen LogP contribution >= 0.6 is 0 Å². The predicted octanol–water partition coefficient (Wildman–Crippen LogP) is 19.6. The molecule has 0 spiro atoms. The zero-order chi connectivity index (χ0) is 100. The fourth-order valence-corrected chi connectivity index (χ4v) is 23.4. The first-order valence-corrected chi connectivity index (χ1v) is 35.9. The van der Waals surface area contributed by atoms with Gasteiger partial charge in [-0.3, -0.25) is 0 Å². The van der Waals surface area contributed by atoms with Gasteiger partial charge in [0.25, 0.3) is 0 Å². The number of rotatable bonds is 11. The molecule has 17 rings (SSSR count). The number of nitrogens with zero attached hydrogens (tertiary/aromatic N) is 5. The van der Waals surface area contributed by atoms with Crippen LogP contribution in [0.2, 0.25) is 0 Å². The van der Waals surface area contributed by atoms with E-state index in [1.54, 1.807) is 42.6 Å². The second-order valence-corrected chi connectivity index (χ2v) is 33.8. The summed E-state index contributed by atoms with van der Waals surface area (Å²) in [7, 11) is 0. The molecule has 0 amide bonds. The predicted molar refractivity (Wildman–Crippen MR) is 409 cm³/mol. The number of pyridine rings is 2. The molecule has 0 radical (unpaired) electrons. The van der Waals surface area contributed by atoms with Crippen LogP contribution in [0.5, 0.6) is 11.5 Å². The van der Waals surface area contributed by atoms with Crippen molar-refractivity contribution in [2.75, 3.05) is 0 Å². The molecule has 0 saturated heterocycles. The zero-order valence-electron chi connectivity index (χ0n) is 91.5. The van der Waals surface area contributed by atoms with Gasteiger partial charge in [0.1, 0.15) is 0 Å². The van der Waals surface area contributed by atoms with Crippen molar-refractivity contribution in [1.29, 1.82) is 0 Å². The number of benzene rings is 10. The van der Waals surface area contributed by atoms with Gasteiger partial charge in [-0.2, -0.15) is 0 Å². The molecule has 5 heterocycles. The average molecular weight is 1580 g/mol. The molecular formula is C91H81GeN5O2Pt-2. The zero-order valence-corrected chi connectivity index (χ0v) is 57.9. The second kappa shape index (κ2) is 24.2. The number of imidazole rings is 1. The molecule has 0 saturated carbocycles. The Bertz CT molecular complexity index is 7130. The summed E-state index contributed by atoms with van der Waals surface area (Å²) in [4.78, 5) is 10.6. The van der Waals surface area contributed by atoms with Crippen molar-refractivity contribution in [2.24, 2.45) is 0 Å². The van der Waals surface area contributed by atoms with Gasteiger partial charge in [-0.05, 0) is 36.3 Å². The van der Waals surface area contributed by atoms with Crippen LogP contribution in [0, 0.1) is 18.5 Å². The van der Waals surface area contributed by atoms with E-state index in [2.05, 4.69) is 39.2 Å². The van der Waals surface area contributed by atoms with E-state index in [1.807, 2.05) is 138 Å². The van der Waals surface area contributed by atoms with Crippen LogP contribution in [0.15, 0.2) is 247 Å². The Labute approximate surface area is 657 Å². The topological polar surface area (TPSA) is 61.9 Å². The second-order valence-electron chi connectivity index (χ2n) is 25.9. The van der Waals surface area contributed by atoms with Gasteiger partial charge in [-0.25, -0.2) is 0 Å². The smallest absolute Gasteiger partial charge is 0.0558 e. The monoisotopic (exact) mass is 1580 g/mol. The van der Waals surface area contributed by atoms with Crippen molar-refractivity contribution in [2.45, 2.75) is 128 Å². The van der Waals surface area contributed by atoms with E-state index in [1.165, 1.54) is 16.7 Å². The number of fused-ring (bicyclic) bond motifs is 9. The third kappa shape index (κ3) is 10.7. The molecule has 10 aromatic carbocycles. The van der Waals surface area contributed by atoms with E-state index in [0.717, 1.165) is 57.8 Å². The van der Waals surface area contributed by atoms with Crippen LogP contribution in [0.4, 0.5) is 0 Å². The van der Waals surface area contributed by atoms with Crippen molar-refractivity contribution < 1.29 is 86.9 Å². The summed E-state index contributed by atoms with van der Waals surface area (Å²) in [5.74, 6) is 0.159. The van der Waals surface area contributed by atoms with E-state index >= 15 is 0 Å². The minimum absolute atomic E-state index is 0. The Hall–Kier alpha value is -9.40. The van der Waals surface area contributed by atoms with E-state index in [9.17, 15) is 35.6 Å². The summed E-state index contributed by atoms with van der Waals surface area (Å²) in [5, 5.41) is 2.04. The summed E-state index contributed by atoms with van der Waals surface area (Å²) in [6, 6.07) is 53.1. The Morgan fingerprint density at radius 2 is 1.10 bits per heavy atom. The molecule has 2 aliphatic carbocycles. The summed E-state index contributed by atoms with van der Waals surface area (Å²) < 4.78 is 384. The molecule has 0 unspecified atom stereocenters. The molecule has 7 nitrogen and oxygen atoms in total. The van der Waals surface area contributed by atoms with Crippen LogP contribution < -0.4 is 27.0 Å². The minimum Gasteiger partial charge on any atom is -0.0558 e. The molecule has 0 N–H and O–H groups in total. The van der Waals surface area contributed by atoms with Crippen LogP contribution in [-0.4, -0.2) is 32.4 Å². The first-order valence-electron chi connectivity index (χ1n) is 50.7. The summed E-state index contributed by atoms with van der Waals surface area (Å²) in [5.41, 5.74) is -30.8. The standard InChI is InChI=1S/C91H81GeN5O2.Pt/c1-87(2,3)61-44-49-93-84(52-61)97-77-36-23-21-32-69(77)70-41-40-65(53-78(70)97)98-66-54-83(92(62-26-15-12-16-27-62,63-28-17-13-18-29-63)64-30-19-14-20-31-64)94-85(55-66)95-58-96(79-56-72-71-33-22-24-37-81(71)99-82(72)57-80(79)95)86-67(59-38-42-73-75(50-59)90(8,9)47-45-88(73,4)5)34-25-35-68(86)60-39-43-74-76(51-60)91(10,11)48-46-89(74,6)7;/h12-44,49-52,54,56-57H,45-48H2,1-11H3;/q-2;/i4D3,5D3,6D3,7D3,8D3,9D3,10D3,11D3,38D,39D,42D,43D,45D2,46D2,47D2,48D2,50D,51D;. The summed E-state index contributed by atoms with van der Waals surface area (Å²) in [6.07, 6.45) is -14.6. The maximum absolute atomic E-state index is 10.8. The van der Waals surface area contributed by atoms with Crippen LogP contribution in [0.3, 0.4) is 0 Å². The Kier molecular flexibility index (Phi) is 8.52. The van der Waals surface area contributed by atoms with Gasteiger partial charge in [-0.15, -0.1) is 0 Å². The number of hydrogen-bond donors (Lipinski definition) is 0. The molecule has 9 heteroatoms. The van der Waals surface area contributed by atoms with Gasteiger partial charge in [0, 0.05) is 64.9 Å². The number of aromatic nitrogens is 5. The maximum atomic E-state index is 10.8. The molecule has 0 aliphatic heterocycles. The van der Waals surface area contributed by atoms with Crippen molar-refractivity contribution in [3.05, 3.63) is 289 Å². The molecule has 0 fully saturated rings. The van der Waals surface area contributed by atoms with Crippen LogP contribution in [0.25, 0.3) is 94.4 Å². The van der Waals surface area contributed by atoms with E-state index in [0.29, 0.717) is 21.2 Å². The molecule has 2 aliphatic rings. The molecule has 100 heavy (non-hydrogen) atoms. The van der Waals surface area contributed by atoms with Gasteiger partial charge in [0.05, 0.1) is 0 Å². The molecule has 5 aromatic heterocycles. The molecule has 0 atom stereocenters. The average Bonchev–Trinajstić information content (AvgIpc) is 0.735. The fourth-order valence-electron chi connectivity index (χ4n) is 13.8. The summed E-state index contributed by atoms with van der Waals surface area (Å²) in [6.45, 7) is -30.8. The van der Waals surface area contributed by atoms with Crippen molar-refractivity contribution in [1.82, 2.24) is 19.1 Å². The summed E-state index contributed by atoms with van der Waals surface area (Å²) >= 11 is -4.98. The number of furan rings is 1. The normalized spacial score (nSPS) is 24.0. The van der Waals surface area contributed by atoms with Crippen molar-refractivity contribution in [3.8, 4) is 51.1 Å². The molecular weight excluding hydrogens is 1460 g/mol. The third-order valence-corrected chi connectivity index (χ3v) is 28.2. The van der Waals surface area contributed by atoms with Gasteiger partial charge in [0.2, 0.25) is 0 Å². The molecule has 15 aromatic rings. The first-order chi connectivity index (χ1) is 63.3. The Morgan fingerprint density at radius 1 is 0.540 bits per heavy atom. The quantitative estimate of drug-likeness (QED) is 0.0735. The van der Waals surface area contributed by atoms with Crippen molar-refractivity contribution >= 4 is 85.8 Å². The van der Waals surface area contributed by atoms with Gasteiger partial charge < -0.3 is 0 Å². The first kappa shape index (κ1) is 35.3. The number of ether oxygens (including phenoxy) is 1. The van der Waals surface area contributed by atoms with Gasteiger partial charge in [-0.1, -0.05) is 75.6 Å². The molecule has 498 valence electrons. The van der Waals surface area contributed by atoms with Crippen molar-refractivity contribution in [3.63, 3.8) is 0 Å². The van der Waals surface area contributed by atoms with E-state index in [-0.39, 0.29) is 71.4 Å². The number of para-hydroxylation sites is 3.